The van der Waals surface area contributed by atoms with Gasteiger partial charge < -0.3 is 15.4 Å². The molecule has 0 aliphatic rings. The molecule has 0 radical (unpaired) electrons. The average molecular weight is 390 g/mol. The molecule has 7 heteroatoms. The third kappa shape index (κ3) is 6.67. The van der Waals surface area contributed by atoms with Gasteiger partial charge in [-0.3, -0.25) is 9.59 Å². The molecule has 146 valence electrons. The van der Waals surface area contributed by atoms with E-state index < -0.39 is 0 Å². The fourth-order valence-electron chi connectivity index (χ4n) is 2.51. The van der Waals surface area contributed by atoms with Crippen LogP contribution in [0.4, 0.5) is 0 Å². The number of benzene rings is 1. The summed E-state index contributed by atoms with van der Waals surface area (Å²) in [6.45, 7) is 9.14. The zero-order valence-electron chi connectivity index (χ0n) is 16.3. The van der Waals surface area contributed by atoms with Crippen LogP contribution in [0.1, 0.15) is 59.7 Å². The molecule has 2 aromatic rings. The molecule has 0 aliphatic carbocycles. The lowest BCUT2D eigenvalue weighted by molar-refractivity contribution is -0.118. The second-order valence-corrected chi connectivity index (χ2v) is 7.65. The minimum Gasteiger partial charge on any atom is -0.486 e. The zero-order valence-corrected chi connectivity index (χ0v) is 17.1. The monoisotopic (exact) mass is 389 g/mol. The molecule has 0 unspecified atom stereocenters. The largest absolute Gasteiger partial charge is 0.486 e. The molecule has 2 amide bonds. The van der Waals surface area contributed by atoms with E-state index in [1.54, 1.807) is 5.38 Å². The number of carbonyl (C=O) groups excluding carboxylic acids is 2. The highest BCUT2D eigenvalue weighted by Gasteiger charge is 2.12. The minimum atomic E-state index is -0.209. The Hall–Kier alpha value is -2.41. The van der Waals surface area contributed by atoms with Crippen molar-refractivity contribution in [2.24, 2.45) is 0 Å². The van der Waals surface area contributed by atoms with E-state index in [0.717, 1.165) is 21.9 Å². The van der Waals surface area contributed by atoms with Crippen LogP contribution in [0.5, 0.6) is 5.75 Å². The topological polar surface area (TPSA) is 80.3 Å². The molecule has 2 N–H and O–H groups in total. The molecule has 0 saturated heterocycles. The summed E-state index contributed by atoms with van der Waals surface area (Å²) < 4.78 is 5.97. The number of aromatic nitrogens is 1. The summed E-state index contributed by atoms with van der Waals surface area (Å²) in [6, 6.07) is 6.21. The van der Waals surface area contributed by atoms with Gasteiger partial charge in [0, 0.05) is 25.4 Å². The van der Waals surface area contributed by atoms with Crippen molar-refractivity contribution in [2.45, 2.75) is 46.6 Å². The van der Waals surface area contributed by atoms with Crippen molar-refractivity contribution in [1.29, 1.82) is 0 Å². The fraction of sp³-hybridized carbons (Fsp3) is 0.450. The van der Waals surface area contributed by atoms with E-state index in [0.29, 0.717) is 37.7 Å². The summed E-state index contributed by atoms with van der Waals surface area (Å²) in [7, 11) is 0. The quantitative estimate of drug-likeness (QED) is 0.644. The molecule has 0 saturated carbocycles. The maximum absolute atomic E-state index is 12.1. The van der Waals surface area contributed by atoms with Gasteiger partial charge in [-0.05, 0) is 36.5 Å². The standard InChI is InChI=1S/C20H27N3O3S/c1-13(2)16-7-6-14(3)10-18(16)26-11-19-23-17(12-27-19)20(25)22-9-5-8-21-15(4)24/h6-7,10,12-13H,5,8-9,11H2,1-4H3,(H,21,24)(H,22,25). The van der Waals surface area contributed by atoms with Crippen molar-refractivity contribution in [2.75, 3.05) is 13.1 Å². The highest BCUT2D eigenvalue weighted by Crippen LogP contribution is 2.28. The van der Waals surface area contributed by atoms with Crippen LogP contribution in [0.3, 0.4) is 0 Å². The molecule has 0 spiro atoms. The van der Waals surface area contributed by atoms with Gasteiger partial charge in [-0.25, -0.2) is 4.98 Å². The van der Waals surface area contributed by atoms with Crippen molar-refractivity contribution >= 4 is 23.2 Å². The molecule has 0 fully saturated rings. The van der Waals surface area contributed by atoms with Gasteiger partial charge in [-0.2, -0.15) is 0 Å². The second kappa shape index (κ2) is 10.1. The minimum absolute atomic E-state index is 0.0697. The number of carbonyl (C=O) groups is 2. The summed E-state index contributed by atoms with van der Waals surface area (Å²) >= 11 is 1.41. The van der Waals surface area contributed by atoms with Crippen molar-refractivity contribution in [1.82, 2.24) is 15.6 Å². The van der Waals surface area contributed by atoms with Gasteiger partial charge >= 0.3 is 0 Å². The average Bonchev–Trinajstić information content (AvgIpc) is 3.08. The Balaban J connectivity index is 1.86. The van der Waals surface area contributed by atoms with E-state index in [4.69, 9.17) is 4.74 Å². The lowest BCUT2D eigenvalue weighted by Gasteiger charge is -2.14. The van der Waals surface area contributed by atoms with E-state index in [1.165, 1.54) is 18.3 Å². The van der Waals surface area contributed by atoms with Crippen molar-refractivity contribution in [3.63, 3.8) is 0 Å². The molecule has 1 aromatic carbocycles. The smallest absolute Gasteiger partial charge is 0.270 e. The number of hydrogen-bond acceptors (Lipinski definition) is 5. The first-order valence-electron chi connectivity index (χ1n) is 9.07. The molecular weight excluding hydrogens is 362 g/mol. The molecule has 1 aromatic heterocycles. The number of nitrogens with zero attached hydrogens (tertiary/aromatic N) is 1. The lowest BCUT2D eigenvalue weighted by atomic mass is 10.0. The number of amides is 2. The molecular formula is C20H27N3O3S. The lowest BCUT2D eigenvalue weighted by Crippen LogP contribution is -2.29. The predicted octanol–water partition coefficient (Wildman–Crippen LogP) is 3.41. The molecule has 0 atom stereocenters. The Morgan fingerprint density at radius 3 is 2.67 bits per heavy atom. The summed E-state index contributed by atoms with van der Waals surface area (Å²) in [5, 5.41) is 7.99. The first-order chi connectivity index (χ1) is 12.9. The second-order valence-electron chi connectivity index (χ2n) is 6.70. The van der Waals surface area contributed by atoms with E-state index >= 15 is 0 Å². The van der Waals surface area contributed by atoms with E-state index in [-0.39, 0.29) is 11.8 Å². The summed E-state index contributed by atoms with van der Waals surface area (Å²) in [5.74, 6) is 0.957. The maximum Gasteiger partial charge on any atom is 0.270 e. The highest BCUT2D eigenvalue weighted by molar-refractivity contribution is 7.09. The number of rotatable bonds is 9. The Labute approximate surface area is 164 Å². The number of ether oxygens (including phenoxy) is 1. The summed E-state index contributed by atoms with van der Waals surface area (Å²) in [5.41, 5.74) is 2.70. The van der Waals surface area contributed by atoms with Crippen molar-refractivity contribution in [3.05, 3.63) is 45.4 Å². The van der Waals surface area contributed by atoms with Crippen LogP contribution in [0.25, 0.3) is 0 Å². The molecule has 1 heterocycles. The molecule has 0 aliphatic heterocycles. The highest BCUT2D eigenvalue weighted by atomic mass is 32.1. The van der Waals surface area contributed by atoms with Crippen LogP contribution < -0.4 is 15.4 Å². The Morgan fingerprint density at radius 1 is 1.22 bits per heavy atom. The predicted molar refractivity (Wildman–Crippen MR) is 107 cm³/mol. The number of nitrogens with one attached hydrogen (secondary N) is 2. The van der Waals surface area contributed by atoms with Gasteiger partial charge in [-0.15, -0.1) is 11.3 Å². The van der Waals surface area contributed by atoms with Crippen LogP contribution >= 0.6 is 11.3 Å². The van der Waals surface area contributed by atoms with Crippen LogP contribution in [0.15, 0.2) is 23.6 Å². The summed E-state index contributed by atoms with van der Waals surface area (Å²) in [4.78, 5) is 27.3. The van der Waals surface area contributed by atoms with Gasteiger partial charge in [0.1, 0.15) is 23.1 Å². The van der Waals surface area contributed by atoms with Crippen molar-refractivity contribution in [3.8, 4) is 5.75 Å². The molecule has 6 nitrogen and oxygen atoms in total. The number of thiazole rings is 1. The van der Waals surface area contributed by atoms with E-state index in [2.05, 4.69) is 41.6 Å². The maximum atomic E-state index is 12.1. The molecule has 27 heavy (non-hydrogen) atoms. The molecule has 2 rings (SSSR count). The molecule has 0 bridgehead atoms. The first kappa shape index (κ1) is 20.9. The normalized spacial score (nSPS) is 10.7. The fourth-order valence-corrected chi connectivity index (χ4v) is 3.20. The Morgan fingerprint density at radius 2 is 1.96 bits per heavy atom. The van der Waals surface area contributed by atoms with Gasteiger partial charge in [-0.1, -0.05) is 26.0 Å². The number of hydrogen-bond donors (Lipinski definition) is 2. The van der Waals surface area contributed by atoms with Crippen LogP contribution in [0.2, 0.25) is 0 Å². The SMILES string of the molecule is CC(=O)NCCCNC(=O)c1csc(COc2cc(C)ccc2C(C)C)n1. The van der Waals surface area contributed by atoms with E-state index in [1.807, 2.05) is 13.0 Å². The van der Waals surface area contributed by atoms with Crippen LogP contribution in [-0.4, -0.2) is 29.9 Å². The van der Waals surface area contributed by atoms with Gasteiger partial charge in [0.05, 0.1) is 0 Å². The Bertz CT molecular complexity index is 787. The summed E-state index contributed by atoms with van der Waals surface area (Å²) in [6.07, 6.45) is 0.677. The van der Waals surface area contributed by atoms with Crippen LogP contribution in [-0.2, 0) is 11.4 Å². The first-order valence-corrected chi connectivity index (χ1v) is 9.95. The van der Waals surface area contributed by atoms with Gasteiger partial charge in [0.2, 0.25) is 5.91 Å². The van der Waals surface area contributed by atoms with Crippen LogP contribution in [0, 0.1) is 6.92 Å². The van der Waals surface area contributed by atoms with Gasteiger partial charge in [0.15, 0.2) is 0 Å². The van der Waals surface area contributed by atoms with Gasteiger partial charge in [0.25, 0.3) is 5.91 Å². The van der Waals surface area contributed by atoms with Crippen molar-refractivity contribution < 1.29 is 14.3 Å². The Kier molecular flexibility index (Phi) is 7.79. The third-order valence-corrected chi connectivity index (χ3v) is 4.76. The third-order valence-electron chi connectivity index (χ3n) is 3.94. The number of aryl methyl sites for hydroxylation is 1. The van der Waals surface area contributed by atoms with E-state index in [9.17, 15) is 9.59 Å². The zero-order chi connectivity index (χ0) is 19.8.